The van der Waals surface area contributed by atoms with Crippen LogP contribution in [-0.2, 0) is 11.8 Å². The topological polar surface area (TPSA) is 50.9 Å². The lowest BCUT2D eigenvalue weighted by Crippen LogP contribution is -2.14. The minimum Gasteiger partial charge on any atom is -0.323 e. The van der Waals surface area contributed by atoms with Gasteiger partial charge in [0.2, 0.25) is 0 Å². The highest BCUT2D eigenvalue weighted by molar-refractivity contribution is 5.93. The minimum absolute atomic E-state index is 0.0726. The maximum Gasteiger partial charge on any atom is 0.0763 e. The smallest absolute Gasteiger partial charge is 0.0763 e. The van der Waals surface area contributed by atoms with Crippen LogP contribution in [0.5, 0.6) is 0 Å². The normalized spacial score (nSPS) is 11.8. The van der Waals surface area contributed by atoms with Gasteiger partial charge >= 0.3 is 0 Å². The second-order valence-corrected chi connectivity index (χ2v) is 6.01. The number of anilines is 1. The molecule has 1 aromatic heterocycles. The van der Waals surface area contributed by atoms with Gasteiger partial charge in [-0.05, 0) is 23.5 Å². The van der Waals surface area contributed by atoms with E-state index >= 15 is 0 Å². The number of hydrogen-bond acceptors (Lipinski definition) is 3. The number of nitrogens with two attached hydrogens (primary N) is 1. The number of nitrogens with one attached hydrogen (secondary N) is 1. The molecule has 1 aromatic carbocycles. The molecule has 3 heteroatoms. The number of pyridine rings is 1. The van der Waals surface area contributed by atoms with Crippen molar-refractivity contribution in [2.24, 2.45) is 5.84 Å². The molecule has 0 atom stereocenters. The number of hydrogen-bond donors (Lipinski definition) is 2. The van der Waals surface area contributed by atoms with Gasteiger partial charge in [0, 0.05) is 11.1 Å². The Morgan fingerprint density at radius 2 is 2.00 bits per heavy atom. The molecule has 0 unspecified atom stereocenters. The Morgan fingerprint density at radius 3 is 2.58 bits per heavy atom. The minimum atomic E-state index is 0.0726. The highest BCUT2D eigenvalue weighted by Gasteiger charge is 2.19. The first-order valence-corrected chi connectivity index (χ1v) is 6.87. The summed E-state index contributed by atoms with van der Waals surface area (Å²) in [6.45, 7) is 8.81. The van der Waals surface area contributed by atoms with E-state index in [9.17, 15) is 0 Å². The van der Waals surface area contributed by atoms with Crippen LogP contribution in [0.15, 0.2) is 24.3 Å². The van der Waals surface area contributed by atoms with E-state index in [0.717, 1.165) is 35.1 Å². The Balaban J connectivity index is 2.76. The zero-order valence-corrected chi connectivity index (χ0v) is 12.2. The fourth-order valence-corrected chi connectivity index (χ4v) is 2.41. The molecule has 0 saturated heterocycles. The molecule has 1 heterocycles. The summed E-state index contributed by atoms with van der Waals surface area (Å²) in [5.74, 6) is 5.66. The van der Waals surface area contributed by atoms with E-state index in [4.69, 9.17) is 10.8 Å². The van der Waals surface area contributed by atoms with Crippen molar-refractivity contribution in [3.63, 3.8) is 0 Å². The molecule has 2 rings (SSSR count). The molecule has 0 aliphatic rings. The van der Waals surface area contributed by atoms with Crippen LogP contribution >= 0.6 is 0 Å². The first-order chi connectivity index (χ1) is 8.97. The van der Waals surface area contributed by atoms with Crippen molar-refractivity contribution in [1.82, 2.24) is 4.98 Å². The Hall–Kier alpha value is -1.61. The van der Waals surface area contributed by atoms with Crippen LogP contribution in [0.4, 0.5) is 5.69 Å². The predicted molar refractivity (Wildman–Crippen MR) is 82.2 cm³/mol. The Bertz CT molecular complexity index is 582. The van der Waals surface area contributed by atoms with Crippen LogP contribution in [0, 0.1) is 0 Å². The monoisotopic (exact) mass is 257 g/mol. The van der Waals surface area contributed by atoms with Gasteiger partial charge in [-0.3, -0.25) is 10.8 Å². The molecule has 0 fully saturated rings. The van der Waals surface area contributed by atoms with Crippen LogP contribution in [0.2, 0.25) is 0 Å². The predicted octanol–water partition coefficient (Wildman–Crippen LogP) is 3.77. The number of aryl methyl sites for hydroxylation is 1. The standard InChI is InChI=1S/C16H23N3/c1-5-7-11-10-14(19-17)12-8-6-9-13(15(12)18-11)16(2,3)4/h6,8-10H,5,7,17H2,1-4H3,(H,18,19). The van der Waals surface area contributed by atoms with E-state index in [-0.39, 0.29) is 5.41 Å². The maximum atomic E-state index is 5.66. The molecule has 19 heavy (non-hydrogen) atoms. The number of aromatic nitrogens is 1. The van der Waals surface area contributed by atoms with Gasteiger partial charge in [0.25, 0.3) is 0 Å². The van der Waals surface area contributed by atoms with Gasteiger partial charge in [-0.15, -0.1) is 0 Å². The summed E-state index contributed by atoms with van der Waals surface area (Å²) in [6, 6.07) is 8.36. The van der Waals surface area contributed by atoms with Crippen molar-refractivity contribution < 1.29 is 0 Å². The van der Waals surface area contributed by atoms with Crippen LogP contribution in [0.1, 0.15) is 45.4 Å². The van der Waals surface area contributed by atoms with Crippen molar-refractivity contribution in [3.05, 3.63) is 35.5 Å². The van der Waals surface area contributed by atoms with E-state index in [1.165, 1.54) is 5.56 Å². The van der Waals surface area contributed by atoms with Gasteiger partial charge < -0.3 is 5.43 Å². The van der Waals surface area contributed by atoms with Gasteiger partial charge in [-0.25, -0.2) is 0 Å². The Morgan fingerprint density at radius 1 is 1.26 bits per heavy atom. The summed E-state index contributed by atoms with van der Waals surface area (Å²) >= 11 is 0. The summed E-state index contributed by atoms with van der Waals surface area (Å²) in [5.41, 5.74) is 7.26. The number of para-hydroxylation sites is 1. The molecule has 3 nitrogen and oxygen atoms in total. The zero-order chi connectivity index (χ0) is 14.0. The summed E-state index contributed by atoms with van der Waals surface area (Å²) in [7, 11) is 0. The average molecular weight is 257 g/mol. The van der Waals surface area contributed by atoms with Gasteiger partial charge in [0.1, 0.15) is 0 Å². The van der Waals surface area contributed by atoms with E-state index in [1.807, 2.05) is 0 Å². The van der Waals surface area contributed by atoms with Crippen LogP contribution < -0.4 is 11.3 Å². The van der Waals surface area contributed by atoms with Crippen LogP contribution in [0.3, 0.4) is 0 Å². The van der Waals surface area contributed by atoms with Crippen molar-refractivity contribution in [2.45, 2.75) is 46.0 Å². The zero-order valence-electron chi connectivity index (χ0n) is 12.2. The van der Waals surface area contributed by atoms with E-state index in [2.05, 4.69) is 57.4 Å². The summed E-state index contributed by atoms with van der Waals surface area (Å²) < 4.78 is 0. The van der Waals surface area contributed by atoms with Crippen molar-refractivity contribution >= 4 is 16.6 Å². The van der Waals surface area contributed by atoms with Gasteiger partial charge in [0.15, 0.2) is 0 Å². The summed E-state index contributed by atoms with van der Waals surface area (Å²) in [6.07, 6.45) is 2.06. The van der Waals surface area contributed by atoms with Crippen LogP contribution in [-0.4, -0.2) is 4.98 Å². The van der Waals surface area contributed by atoms with Crippen molar-refractivity contribution in [3.8, 4) is 0 Å². The summed E-state index contributed by atoms with van der Waals surface area (Å²) in [5, 5.41) is 1.09. The molecular weight excluding hydrogens is 234 g/mol. The second kappa shape index (κ2) is 5.17. The number of fused-ring (bicyclic) bond motifs is 1. The molecule has 0 saturated carbocycles. The maximum absolute atomic E-state index is 5.66. The molecule has 3 N–H and O–H groups in total. The van der Waals surface area contributed by atoms with E-state index < -0.39 is 0 Å². The summed E-state index contributed by atoms with van der Waals surface area (Å²) in [4.78, 5) is 4.84. The Labute approximate surface area is 115 Å². The largest absolute Gasteiger partial charge is 0.323 e. The lowest BCUT2D eigenvalue weighted by Gasteiger charge is -2.22. The number of rotatable bonds is 3. The third-order valence-electron chi connectivity index (χ3n) is 3.36. The van der Waals surface area contributed by atoms with Gasteiger partial charge in [-0.1, -0.05) is 52.3 Å². The lowest BCUT2D eigenvalue weighted by atomic mass is 9.85. The third kappa shape index (κ3) is 2.71. The molecule has 0 amide bonds. The molecular formula is C16H23N3. The molecule has 0 spiro atoms. The number of nitrogens with zero attached hydrogens (tertiary/aromatic N) is 1. The van der Waals surface area contributed by atoms with Crippen molar-refractivity contribution in [1.29, 1.82) is 0 Å². The van der Waals surface area contributed by atoms with Gasteiger partial charge in [-0.2, -0.15) is 0 Å². The Kier molecular flexibility index (Phi) is 3.76. The highest BCUT2D eigenvalue weighted by Crippen LogP contribution is 2.32. The fraction of sp³-hybridized carbons (Fsp3) is 0.438. The van der Waals surface area contributed by atoms with Crippen molar-refractivity contribution in [2.75, 3.05) is 5.43 Å². The molecule has 102 valence electrons. The quantitative estimate of drug-likeness (QED) is 0.650. The number of nitrogen functional groups attached to an aromatic ring is 1. The molecule has 0 radical (unpaired) electrons. The lowest BCUT2D eigenvalue weighted by molar-refractivity contribution is 0.594. The fourth-order valence-electron chi connectivity index (χ4n) is 2.41. The number of benzene rings is 1. The molecule has 0 bridgehead atoms. The third-order valence-corrected chi connectivity index (χ3v) is 3.36. The number of hydrazine groups is 1. The van der Waals surface area contributed by atoms with E-state index in [1.54, 1.807) is 0 Å². The SMILES string of the molecule is CCCc1cc(NN)c2cccc(C(C)(C)C)c2n1. The highest BCUT2D eigenvalue weighted by atomic mass is 15.2. The first-order valence-electron chi connectivity index (χ1n) is 6.87. The second-order valence-electron chi connectivity index (χ2n) is 6.01. The first kappa shape index (κ1) is 13.8. The molecule has 0 aliphatic carbocycles. The van der Waals surface area contributed by atoms with Gasteiger partial charge in [0.05, 0.1) is 11.2 Å². The van der Waals surface area contributed by atoms with Crippen LogP contribution in [0.25, 0.3) is 10.9 Å². The molecule has 0 aliphatic heterocycles. The average Bonchev–Trinajstić information content (AvgIpc) is 2.36. The molecule has 2 aromatic rings. The van der Waals surface area contributed by atoms with E-state index in [0.29, 0.717) is 0 Å².